The predicted octanol–water partition coefficient (Wildman–Crippen LogP) is 2.00. The van der Waals surface area contributed by atoms with Gasteiger partial charge < -0.3 is 15.2 Å². The number of benzene rings is 1. The molecule has 106 valence electrons. The predicted molar refractivity (Wildman–Crippen MR) is 81.2 cm³/mol. The summed E-state index contributed by atoms with van der Waals surface area (Å²) < 4.78 is 5.89. The van der Waals surface area contributed by atoms with E-state index in [9.17, 15) is 5.11 Å². The van der Waals surface area contributed by atoms with Gasteiger partial charge in [-0.15, -0.1) is 0 Å². The summed E-state index contributed by atoms with van der Waals surface area (Å²) in [6.07, 6.45) is 3.14. The van der Waals surface area contributed by atoms with Crippen molar-refractivity contribution in [3.63, 3.8) is 0 Å². The van der Waals surface area contributed by atoms with Crippen molar-refractivity contribution in [2.75, 3.05) is 25.1 Å². The van der Waals surface area contributed by atoms with Crippen molar-refractivity contribution in [1.29, 1.82) is 0 Å². The summed E-state index contributed by atoms with van der Waals surface area (Å²) >= 11 is 1.66. The van der Waals surface area contributed by atoms with Gasteiger partial charge in [-0.05, 0) is 31.7 Å². The van der Waals surface area contributed by atoms with Crippen molar-refractivity contribution in [3.8, 4) is 5.75 Å². The van der Waals surface area contributed by atoms with Gasteiger partial charge >= 0.3 is 0 Å². The smallest absolute Gasteiger partial charge is 0.123 e. The molecular weight excluding hydrogens is 258 g/mol. The fourth-order valence-corrected chi connectivity index (χ4v) is 3.15. The Morgan fingerprint density at radius 1 is 1.53 bits per heavy atom. The van der Waals surface area contributed by atoms with Gasteiger partial charge in [-0.1, -0.05) is 17.7 Å². The number of thioether (sulfide) groups is 1. The Morgan fingerprint density at radius 3 is 3.05 bits per heavy atom. The molecule has 0 bridgehead atoms. The van der Waals surface area contributed by atoms with Crippen molar-refractivity contribution >= 4 is 11.8 Å². The highest BCUT2D eigenvalue weighted by Crippen LogP contribution is 2.29. The van der Waals surface area contributed by atoms with Crippen LogP contribution in [0.3, 0.4) is 0 Å². The lowest BCUT2D eigenvalue weighted by atomic mass is 10.1. The second-order valence-electron chi connectivity index (χ2n) is 5.62. The normalized spacial score (nSPS) is 20.7. The van der Waals surface area contributed by atoms with E-state index in [-0.39, 0.29) is 6.10 Å². The van der Waals surface area contributed by atoms with Crippen LogP contribution in [0.1, 0.15) is 18.1 Å². The van der Waals surface area contributed by atoms with Gasteiger partial charge in [0, 0.05) is 25.3 Å². The molecule has 2 N–H and O–H groups in total. The quantitative estimate of drug-likeness (QED) is 0.837. The van der Waals surface area contributed by atoms with Crippen LogP contribution in [0.5, 0.6) is 5.75 Å². The average Bonchev–Trinajstić information content (AvgIpc) is 2.70. The van der Waals surface area contributed by atoms with Crippen molar-refractivity contribution in [1.82, 2.24) is 5.32 Å². The summed E-state index contributed by atoms with van der Waals surface area (Å²) in [7, 11) is 0. The number of hydrogen-bond acceptors (Lipinski definition) is 4. The van der Waals surface area contributed by atoms with Gasteiger partial charge in [0.25, 0.3) is 0 Å². The molecule has 2 rings (SSSR count). The Morgan fingerprint density at radius 2 is 2.32 bits per heavy atom. The number of fused-ring (bicyclic) bond motifs is 1. The minimum atomic E-state index is -0.651. The van der Waals surface area contributed by atoms with Gasteiger partial charge in [-0.3, -0.25) is 0 Å². The molecule has 19 heavy (non-hydrogen) atoms. The second-order valence-corrected chi connectivity index (χ2v) is 6.48. The Balaban J connectivity index is 1.78. The van der Waals surface area contributed by atoms with Gasteiger partial charge in [-0.2, -0.15) is 11.8 Å². The Hall–Kier alpha value is -0.710. The molecule has 1 aliphatic heterocycles. The lowest BCUT2D eigenvalue weighted by molar-refractivity contribution is 0.0814. The molecule has 1 aromatic rings. The van der Waals surface area contributed by atoms with Crippen LogP contribution < -0.4 is 10.1 Å². The van der Waals surface area contributed by atoms with Gasteiger partial charge in [-0.25, -0.2) is 0 Å². The van der Waals surface area contributed by atoms with E-state index in [1.165, 1.54) is 11.1 Å². The maximum atomic E-state index is 10.1. The molecule has 0 amide bonds. The number of hydrogen-bond donors (Lipinski definition) is 2. The third kappa shape index (κ3) is 4.13. The highest BCUT2D eigenvalue weighted by atomic mass is 32.2. The van der Waals surface area contributed by atoms with Crippen molar-refractivity contribution in [2.24, 2.45) is 0 Å². The van der Waals surface area contributed by atoms with E-state index in [2.05, 4.69) is 30.4 Å². The number of nitrogens with one attached hydrogen (secondary N) is 1. The Bertz CT molecular complexity index is 434. The Labute approximate surface area is 119 Å². The van der Waals surface area contributed by atoms with Gasteiger partial charge in [0.15, 0.2) is 0 Å². The number of aryl methyl sites for hydroxylation is 1. The van der Waals surface area contributed by atoms with Crippen molar-refractivity contribution in [2.45, 2.75) is 32.0 Å². The van der Waals surface area contributed by atoms with Crippen molar-refractivity contribution in [3.05, 3.63) is 29.3 Å². The molecule has 4 heteroatoms. The summed E-state index contributed by atoms with van der Waals surface area (Å²) in [6, 6.07) is 6.33. The largest absolute Gasteiger partial charge is 0.488 e. The third-order valence-electron chi connectivity index (χ3n) is 3.29. The standard InChI is InChI=1S/C15H23NO2S/c1-11-4-5-14-12(6-11)7-13(18-14)8-16-9-15(2,17)10-19-3/h4-6,13,16-17H,7-10H2,1-3H3. The molecule has 0 aliphatic carbocycles. The molecule has 1 heterocycles. The third-order valence-corrected chi connectivity index (χ3v) is 4.20. The first-order chi connectivity index (χ1) is 9.00. The van der Waals surface area contributed by atoms with Crippen LogP contribution in [0.15, 0.2) is 18.2 Å². The van der Waals surface area contributed by atoms with Crippen molar-refractivity contribution < 1.29 is 9.84 Å². The summed E-state index contributed by atoms with van der Waals surface area (Å²) in [5.41, 5.74) is 1.92. The molecule has 2 atom stereocenters. The fourth-order valence-electron chi connectivity index (χ4n) is 2.43. The van der Waals surface area contributed by atoms with Crippen LogP contribution in [-0.4, -0.2) is 41.9 Å². The second kappa shape index (κ2) is 6.16. The highest BCUT2D eigenvalue weighted by molar-refractivity contribution is 7.98. The maximum Gasteiger partial charge on any atom is 0.123 e. The van der Waals surface area contributed by atoms with E-state index in [1.807, 2.05) is 13.2 Å². The van der Waals surface area contributed by atoms with E-state index >= 15 is 0 Å². The summed E-state index contributed by atoms with van der Waals surface area (Å²) in [5, 5.41) is 13.4. The van der Waals surface area contributed by atoms with E-state index < -0.39 is 5.60 Å². The van der Waals surface area contributed by atoms with Crippen LogP contribution in [0.25, 0.3) is 0 Å². The van der Waals surface area contributed by atoms with Crippen LogP contribution in [0, 0.1) is 6.92 Å². The van der Waals surface area contributed by atoms with E-state index in [0.717, 1.165) is 24.5 Å². The lowest BCUT2D eigenvalue weighted by Gasteiger charge is -2.23. The maximum absolute atomic E-state index is 10.1. The molecule has 3 nitrogen and oxygen atoms in total. The van der Waals surface area contributed by atoms with E-state index in [0.29, 0.717) is 6.54 Å². The number of aliphatic hydroxyl groups is 1. The molecular formula is C15H23NO2S. The zero-order valence-electron chi connectivity index (χ0n) is 11.9. The minimum absolute atomic E-state index is 0.182. The zero-order chi connectivity index (χ0) is 13.9. The summed E-state index contributed by atoms with van der Waals surface area (Å²) in [5.74, 6) is 1.75. The van der Waals surface area contributed by atoms with Crippen LogP contribution in [-0.2, 0) is 6.42 Å². The molecule has 1 aromatic carbocycles. The van der Waals surface area contributed by atoms with Gasteiger partial charge in [0.05, 0.1) is 5.60 Å². The summed E-state index contributed by atoms with van der Waals surface area (Å²) in [4.78, 5) is 0. The van der Waals surface area contributed by atoms with E-state index in [4.69, 9.17) is 4.74 Å². The fraction of sp³-hybridized carbons (Fsp3) is 0.600. The topological polar surface area (TPSA) is 41.5 Å². The first-order valence-electron chi connectivity index (χ1n) is 6.68. The monoisotopic (exact) mass is 281 g/mol. The number of ether oxygens (including phenoxy) is 1. The number of rotatable bonds is 6. The minimum Gasteiger partial charge on any atom is -0.488 e. The molecule has 0 spiro atoms. The summed E-state index contributed by atoms with van der Waals surface area (Å²) in [6.45, 7) is 5.34. The first kappa shape index (κ1) is 14.7. The molecule has 0 saturated carbocycles. The van der Waals surface area contributed by atoms with Crippen LogP contribution in [0.2, 0.25) is 0 Å². The first-order valence-corrected chi connectivity index (χ1v) is 8.08. The van der Waals surface area contributed by atoms with Gasteiger partial charge in [0.1, 0.15) is 11.9 Å². The highest BCUT2D eigenvalue weighted by Gasteiger charge is 2.24. The van der Waals surface area contributed by atoms with Crippen LogP contribution in [0.4, 0.5) is 0 Å². The molecule has 0 aromatic heterocycles. The average molecular weight is 281 g/mol. The SMILES string of the molecule is CSCC(C)(O)CNCC1Cc2cc(C)ccc2O1. The lowest BCUT2D eigenvalue weighted by Crippen LogP contribution is -2.43. The molecule has 0 fully saturated rings. The van der Waals surface area contributed by atoms with E-state index in [1.54, 1.807) is 11.8 Å². The molecule has 2 unspecified atom stereocenters. The zero-order valence-corrected chi connectivity index (χ0v) is 12.7. The van der Waals surface area contributed by atoms with Gasteiger partial charge in [0.2, 0.25) is 0 Å². The molecule has 1 aliphatic rings. The molecule has 0 saturated heterocycles. The molecule has 0 radical (unpaired) electrons. The van der Waals surface area contributed by atoms with Crippen LogP contribution >= 0.6 is 11.8 Å². The Kier molecular flexibility index (Phi) is 4.76.